The zero-order chi connectivity index (χ0) is 20.3. The molecular weight excluding hydrogens is 371 g/mol. The third-order valence-corrected chi connectivity index (χ3v) is 7.11. The van der Waals surface area contributed by atoms with E-state index in [1.54, 1.807) is 0 Å². The van der Waals surface area contributed by atoms with Crippen molar-refractivity contribution in [2.45, 2.75) is 83.5 Å². The second-order valence-corrected chi connectivity index (χ2v) is 8.99. The van der Waals surface area contributed by atoms with Crippen molar-refractivity contribution in [2.75, 3.05) is 0 Å². The Morgan fingerprint density at radius 3 is 1.82 bits per heavy atom. The summed E-state index contributed by atoms with van der Waals surface area (Å²) in [4.78, 5) is 0. The van der Waals surface area contributed by atoms with E-state index in [9.17, 15) is 22.0 Å². The van der Waals surface area contributed by atoms with Crippen LogP contribution in [0.25, 0.3) is 0 Å². The van der Waals surface area contributed by atoms with Crippen molar-refractivity contribution in [1.82, 2.24) is 0 Å². The van der Waals surface area contributed by atoms with Gasteiger partial charge in [-0.2, -0.15) is 0 Å². The van der Waals surface area contributed by atoms with Gasteiger partial charge in [-0.05, 0) is 74.0 Å². The SMILES string of the molecule is CCCC1CCC(C2CCC(C(F)(F)Cc3cc(F)c(F)c(F)c3)CC2)CC1. The molecule has 0 bridgehead atoms. The van der Waals surface area contributed by atoms with E-state index in [4.69, 9.17) is 0 Å². The van der Waals surface area contributed by atoms with Gasteiger partial charge in [0.2, 0.25) is 0 Å². The monoisotopic (exact) mass is 402 g/mol. The highest BCUT2D eigenvalue weighted by Crippen LogP contribution is 2.46. The van der Waals surface area contributed by atoms with Gasteiger partial charge in [0, 0.05) is 12.3 Å². The van der Waals surface area contributed by atoms with Crippen LogP contribution in [0.3, 0.4) is 0 Å². The summed E-state index contributed by atoms with van der Waals surface area (Å²) in [5.41, 5.74) is -0.183. The quantitative estimate of drug-likeness (QED) is 0.338. The van der Waals surface area contributed by atoms with E-state index < -0.39 is 35.7 Å². The van der Waals surface area contributed by atoms with Gasteiger partial charge < -0.3 is 0 Å². The van der Waals surface area contributed by atoms with Crippen molar-refractivity contribution in [1.29, 1.82) is 0 Å². The maximum atomic E-state index is 14.7. The Kier molecular flexibility index (Phi) is 7.03. The molecule has 158 valence electrons. The summed E-state index contributed by atoms with van der Waals surface area (Å²) < 4.78 is 69.2. The van der Waals surface area contributed by atoms with Crippen LogP contribution >= 0.6 is 0 Å². The first-order chi connectivity index (χ1) is 13.3. The predicted octanol–water partition coefficient (Wildman–Crippen LogP) is 7.69. The fourth-order valence-corrected chi connectivity index (χ4v) is 5.50. The molecule has 0 aromatic heterocycles. The van der Waals surface area contributed by atoms with Crippen LogP contribution in [0.4, 0.5) is 22.0 Å². The Morgan fingerprint density at radius 1 is 0.821 bits per heavy atom. The number of rotatable bonds is 6. The average molecular weight is 402 g/mol. The van der Waals surface area contributed by atoms with Crippen molar-refractivity contribution in [3.63, 3.8) is 0 Å². The molecule has 0 atom stereocenters. The minimum atomic E-state index is -3.03. The number of hydrogen-bond donors (Lipinski definition) is 0. The first-order valence-corrected chi connectivity index (χ1v) is 10.8. The van der Waals surface area contributed by atoms with Crippen molar-refractivity contribution in [3.05, 3.63) is 35.1 Å². The molecule has 1 aromatic carbocycles. The van der Waals surface area contributed by atoms with Gasteiger partial charge in [0.15, 0.2) is 17.5 Å². The molecular formula is C23H31F5. The van der Waals surface area contributed by atoms with E-state index in [0.717, 1.165) is 18.8 Å². The van der Waals surface area contributed by atoms with Gasteiger partial charge >= 0.3 is 0 Å². The maximum absolute atomic E-state index is 14.7. The lowest BCUT2D eigenvalue weighted by Crippen LogP contribution is -2.35. The lowest BCUT2D eigenvalue weighted by molar-refractivity contribution is -0.0777. The lowest BCUT2D eigenvalue weighted by atomic mass is 9.67. The molecule has 0 saturated heterocycles. The molecule has 0 N–H and O–H groups in total. The lowest BCUT2D eigenvalue weighted by Gasteiger charge is -2.39. The van der Waals surface area contributed by atoms with Gasteiger partial charge in [-0.3, -0.25) is 0 Å². The van der Waals surface area contributed by atoms with Gasteiger partial charge in [0.1, 0.15) is 0 Å². The van der Waals surface area contributed by atoms with Crippen LogP contribution in [0.2, 0.25) is 0 Å². The van der Waals surface area contributed by atoms with Crippen LogP contribution in [-0.2, 0) is 6.42 Å². The highest BCUT2D eigenvalue weighted by molar-refractivity contribution is 5.21. The second kappa shape index (κ2) is 9.13. The van der Waals surface area contributed by atoms with Gasteiger partial charge in [0.05, 0.1) is 0 Å². The molecule has 2 saturated carbocycles. The van der Waals surface area contributed by atoms with Crippen LogP contribution in [0.1, 0.15) is 76.7 Å². The number of hydrogen-bond acceptors (Lipinski definition) is 0. The van der Waals surface area contributed by atoms with E-state index in [0.29, 0.717) is 36.8 Å². The van der Waals surface area contributed by atoms with Crippen LogP contribution in [0, 0.1) is 41.1 Å². The van der Waals surface area contributed by atoms with E-state index in [1.165, 1.54) is 38.5 Å². The molecule has 0 heterocycles. The fraction of sp³-hybridized carbons (Fsp3) is 0.739. The molecule has 0 amide bonds. The topological polar surface area (TPSA) is 0 Å². The van der Waals surface area contributed by atoms with Crippen LogP contribution in [0.5, 0.6) is 0 Å². The molecule has 3 rings (SSSR count). The molecule has 28 heavy (non-hydrogen) atoms. The Hall–Kier alpha value is -1.13. The Balaban J connectivity index is 1.52. The molecule has 0 unspecified atom stereocenters. The largest absolute Gasteiger partial charge is 0.254 e. The Bertz CT molecular complexity index is 617. The third-order valence-electron chi connectivity index (χ3n) is 7.11. The van der Waals surface area contributed by atoms with E-state index in [2.05, 4.69) is 6.92 Å². The van der Waals surface area contributed by atoms with Gasteiger partial charge in [0.25, 0.3) is 5.92 Å². The minimum Gasteiger partial charge on any atom is -0.206 e. The number of halogens is 5. The predicted molar refractivity (Wildman–Crippen MR) is 101 cm³/mol. The summed E-state index contributed by atoms with van der Waals surface area (Å²) in [5, 5.41) is 0. The minimum absolute atomic E-state index is 0.183. The van der Waals surface area contributed by atoms with E-state index in [1.807, 2.05) is 0 Å². The van der Waals surface area contributed by atoms with Crippen LogP contribution in [0.15, 0.2) is 12.1 Å². The molecule has 2 aliphatic carbocycles. The zero-order valence-electron chi connectivity index (χ0n) is 16.6. The van der Waals surface area contributed by atoms with Crippen molar-refractivity contribution in [3.8, 4) is 0 Å². The molecule has 0 radical (unpaired) electrons. The standard InChI is InChI=1S/C23H31F5/c1-2-3-15-4-6-17(7-5-15)18-8-10-19(11-9-18)23(27,28)14-16-12-20(24)22(26)21(25)13-16/h12-13,15,17-19H,2-11,14H2,1H3. The van der Waals surface area contributed by atoms with Gasteiger partial charge in [-0.15, -0.1) is 0 Å². The summed E-state index contributed by atoms with van der Waals surface area (Å²) in [7, 11) is 0. The number of alkyl halides is 2. The normalized spacial score (nSPS) is 29.1. The van der Waals surface area contributed by atoms with Crippen LogP contribution in [-0.4, -0.2) is 5.92 Å². The summed E-state index contributed by atoms with van der Waals surface area (Å²) in [5.74, 6) is -6.17. The summed E-state index contributed by atoms with van der Waals surface area (Å²) in [6.07, 6.45) is 9.34. The molecule has 2 fully saturated rings. The average Bonchev–Trinajstić information content (AvgIpc) is 2.67. The first kappa shape index (κ1) is 21.6. The summed E-state index contributed by atoms with van der Waals surface area (Å²) in [6.45, 7) is 2.22. The van der Waals surface area contributed by atoms with Crippen LogP contribution < -0.4 is 0 Å². The molecule has 2 aliphatic rings. The summed E-state index contributed by atoms with van der Waals surface area (Å²) >= 11 is 0. The molecule has 5 heteroatoms. The maximum Gasteiger partial charge on any atom is 0.254 e. The van der Waals surface area contributed by atoms with Gasteiger partial charge in [-0.1, -0.05) is 32.6 Å². The first-order valence-electron chi connectivity index (χ1n) is 10.8. The van der Waals surface area contributed by atoms with Gasteiger partial charge in [-0.25, -0.2) is 22.0 Å². The molecule has 0 nitrogen and oxygen atoms in total. The van der Waals surface area contributed by atoms with E-state index in [-0.39, 0.29) is 5.56 Å². The highest BCUT2D eigenvalue weighted by Gasteiger charge is 2.42. The summed E-state index contributed by atoms with van der Waals surface area (Å²) in [6, 6.07) is 1.37. The van der Waals surface area contributed by atoms with Crippen molar-refractivity contribution >= 4 is 0 Å². The molecule has 0 aliphatic heterocycles. The highest BCUT2D eigenvalue weighted by atomic mass is 19.3. The third kappa shape index (κ3) is 5.07. The fourth-order valence-electron chi connectivity index (χ4n) is 5.50. The van der Waals surface area contributed by atoms with Crippen molar-refractivity contribution in [2.24, 2.45) is 23.7 Å². The van der Waals surface area contributed by atoms with Crippen molar-refractivity contribution < 1.29 is 22.0 Å². The number of benzene rings is 1. The smallest absolute Gasteiger partial charge is 0.206 e. The molecule has 0 spiro atoms. The zero-order valence-corrected chi connectivity index (χ0v) is 16.6. The Morgan fingerprint density at radius 2 is 1.32 bits per heavy atom. The second-order valence-electron chi connectivity index (χ2n) is 8.99. The Labute approximate surface area is 164 Å². The molecule has 1 aromatic rings. The van der Waals surface area contributed by atoms with E-state index >= 15 is 0 Å².